The lowest BCUT2D eigenvalue weighted by Gasteiger charge is -2.25. The minimum Gasteiger partial charge on any atom is -0.388 e. The van der Waals surface area contributed by atoms with Crippen LogP contribution in [0.2, 0.25) is 0 Å². The van der Waals surface area contributed by atoms with Crippen LogP contribution in [-0.2, 0) is 0 Å². The van der Waals surface area contributed by atoms with Gasteiger partial charge in [0, 0.05) is 17.9 Å². The van der Waals surface area contributed by atoms with Gasteiger partial charge in [0.25, 0.3) is 0 Å². The van der Waals surface area contributed by atoms with Crippen LogP contribution in [0.15, 0.2) is 54.6 Å². The summed E-state index contributed by atoms with van der Waals surface area (Å²) in [6, 6.07) is 18.8. The molecule has 112 valence electrons. The van der Waals surface area contributed by atoms with E-state index in [-0.39, 0.29) is 6.10 Å². The Morgan fingerprint density at radius 3 is 2.10 bits per heavy atom. The summed E-state index contributed by atoms with van der Waals surface area (Å²) in [5.41, 5.74) is 3.39. The zero-order chi connectivity index (χ0) is 15.1. The summed E-state index contributed by atoms with van der Waals surface area (Å²) in [6.07, 6.45) is 2.72. The molecule has 0 spiro atoms. The second kappa shape index (κ2) is 7.84. The number of nitrogens with zero attached hydrogens (tertiary/aromatic N) is 1. The van der Waals surface area contributed by atoms with Crippen LogP contribution in [0.5, 0.6) is 0 Å². The van der Waals surface area contributed by atoms with Crippen molar-refractivity contribution in [2.75, 3.05) is 11.4 Å². The molecular formula is C19H25NO. The van der Waals surface area contributed by atoms with Gasteiger partial charge in [0.15, 0.2) is 0 Å². The first-order valence-corrected chi connectivity index (χ1v) is 7.86. The van der Waals surface area contributed by atoms with Gasteiger partial charge in [-0.1, -0.05) is 50.6 Å². The number of anilines is 2. The first-order valence-electron chi connectivity index (χ1n) is 7.86. The van der Waals surface area contributed by atoms with Crippen molar-refractivity contribution in [3.05, 3.63) is 60.2 Å². The molecule has 0 heterocycles. The summed E-state index contributed by atoms with van der Waals surface area (Å²) in [7, 11) is 0. The normalized spacial score (nSPS) is 12.1. The van der Waals surface area contributed by atoms with Crippen LogP contribution < -0.4 is 4.90 Å². The average molecular weight is 283 g/mol. The number of hydrogen-bond donors (Lipinski definition) is 1. The molecule has 0 saturated heterocycles. The second-order valence-electron chi connectivity index (χ2n) is 5.36. The Balaban J connectivity index is 2.24. The van der Waals surface area contributed by atoms with E-state index in [0.717, 1.165) is 24.9 Å². The zero-order valence-corrected chi connectivity index (χ0v) is 13.0. The van der Waals surface area contributed by atoms with Crippen molar-refractivity contribution >= 4 is 11.4 Å². The third kappa shape index (κ3) is 4.08. The highest BCUT2D eigenvalue weighted by Gasteiger charge is 2.10. The summed E-state index contributed by atoms with van der Waals surface area (Å²) >= 11 is 0. The van der Waals surface area contributed by atoms with E-state index >= 15 is 0 Å². The maximum absolute atomic E-state index is 9.90. The topological polar surface area (TPSA) is 23.5 Å². The van der Waals surface area contributed by atoms with Crippen molar-refractivity contribution in [2.24, 2.45) is 0 Å². The van der Waals surface area contributed by atoms with Crippen LogP contribution in [0, 0.1) is 0 Å². The molecule has 0 aliphatic heterocycles. The molecule has 2 rings (SSSR count). The van der Waals surface area contributed by atoms with Crippen LogP contribution in [0.4, 0.5) is 11.4 Å². The van der Waals surface area contributed by atoms with Gasteiger partial charge in [-0.3, -0.25) is 0 Å². The van der Waals surface area contributed by atoms with Crippen molar-refractivity contribution in [1.82, 2.24) is 0 Å². The molecule has 0 aliphatic rings. The summed E-state index contributed by atoms with van der Waals surface area (Å²) < 4.78 is 0. The fourth-order valence-corrected chi connectivity index (χ4v) is 2.44. The number of aliphatic hydroxyl groups is 1. The van der Waals surface area contributed by atoms with Crippen LogP contribution in [0.3, 0.4) is 0 Å². The number of rotatable bonds is 7. The smallest absolute Gasteiger partial charge is 0.0787 e. The molecule has 2 aromatic carbocycles. The maximum Gasteiger partial charge on any atom is 0.0787 e. The van der Waals surface area contributed by atoms with Gasteiger partial charge in [-0.25, -0.2) is 0 Å². The molecule has 0 bridgehead atoms. The van der Waals surface area contributed by atoms with E-state index in [1.165, 1.54) is 17.8 Å². The fraction of sp³-hybridized carbons (Fsp3) is 0.368. The number of unbranched alkanes of at least 4 members (excludes halogenated alkanes) is 1. The summed E-state index contributed by atoms with van der Waals surface area (Å²) in [6.45, 7) is 5.22. The van der Waals surface area contributed by atoms with E-state index < -0.39 is 0 Å². The third-order valence-electron chi connectivity index (χ3n) is 3.78. The standard InChI is InChI=1S/C19H25NO/c1-3-5-15-20(17-9-7-6-8-10-17)18-13-11-16(12-14-18)19(21)4-2/h6-14,19,21H,3-5,15H2,1-2H3. The average Bonchev–Trinajstić information content (AvgIpc) is 2.56. The molecule has 2 aromatic rings. The monoisotopic (exact) mass is 283 g/mol. The van der Waals surface area contributed by atoms with Gasteiger partial charge < -0.3 is 10.0 Å². The van der Waals surface area contributed by atoms with Crippen molar-refractivity contribution in [3.63, 3.8) is 0 Å². The lowest BCUT2D eigenvalue weighted by Crippen LogP contribution is -2.18. The second-order valence-corrected chi connectivity index (χ2v) is 5.36. The number of para-hydroxylation sites is 1. The van der Waals surface area contributed by atoms with Crippen LogP contribution in [-0.4, -0.2) is 11.7 Å². The molecule has 0 amide bonds. The Kier molecular flexibility index (Phi) is 5.82. The number of aliphatic hydroxyl groups excluding tert-OH is 1. The summed E-state index contributed by atoms with van der Waals surface area (Å²) in [5.74, 6) is 0. The quantitative estimate of drug-likeness (QED) is 0.767. The Bertz CT molecular complexity index is 521. The maximum atomic E-state index is 9.90. The molecular weight excluding hydrogens is 258 g/mol. The zero-order valence-electron chi connectivity index (χ0n) is 13.0. The molecule has 1 unspecified atom stereocenters. The van der Waals surface area contributed by atoms with Gasteiger partial charge in [-0.2, -0.15) is 0 Å². The molecule has 1 N–H and O–H groups in total. The van der Waals surface area contributed by atoms with Gasteiger partial charge in [0.2, 0.25) is 0 Å². The molecule has 0 fully saturated rings. The number of hydrogen-bond acceptors (Lipinski definition) is 2. The van der Waals surface area contributed by atoms with E-state index in [9.17, 15) is 5.11 Å². The van der Waals surface area contributed by atoms with Crippen molar-refractivity contribution < 1.29 is 5.11 Å². The number of benzene rings is 2. The highest BCUT2D eigenvalue weighted by molar-refractivity contribution is 5.63. The van der Waals surface area contributed by atoms with E-state index in [4.69, 9.17) is 0 Å². The van der Waals surface area contributed by atoms with Gasteiger partial charge in [0.05, 0.1) is 6.10 Å². The Morgan fingerprint density at radius 2 is 1.52 bits per heavy atom. The predicted octanol–water partition coefficient (Wildman–Crippen LogP) is 5.07. The van der Waals surface area contributed by atoms with E-state index in [1.807, 2.05) is 25.1 Å². The highest BCUT2D eigenvalue weighted by atomic mass is 16.3. The first kappa shape index (κ1) is 15.6. The predicted molar refractivity (Wildman–Crippen MR) is 90.0 cm³/mol. The van der Waals surface area contributed by atoms with Gasteiger partial charge in [-0.05, 0) is 42.7 Å². The molecule has 2 heteroatoms. The van der Waals surface area contributed by atoms with Crippen molar-refractivity contribution in [1.29, 1.82) is 0 Å². The summed E-state index contributed by atoms with van der Waals surface area (Å²) in [4.78, 5) is 2.34. The van der Waals surface area contributed by atoms with Gasteiger partial charge >= 0.3 is 0 Å². The largest absolute Gasteiger partial charge is 0.388 e. The molecule has 2 nitrogen and oxygen atoms in total. The molecule has 1 atom stereocenters. The summed E-state index contributed by atoms with van der Waals surface area (Å²) in [5, 5.41) is 9.90. The molecule has 21 heavy (non-hydrogen) atoms. The molecule has 0 aliphatic carbocycles. The van der Waals surface area contributed by atoms with Gasteiger partial charge in [0.1, 0.15) is 0 Å². The third-order valence-corrected chi connectivity index (χ3v) is 3.78. The minimum atomic E-state index is -0.361. The van der Waals surface area contributed by atoms with E-state index in [1.54, 1.807) is 0 Å². The highest BCUT2D eigenvalue weighted by Crippen LogP contribution is 2.27. The van der Waals surface area contributed by atoms with Crippen LogP contribution >= 0.6 is 0 Å². The lowest BCUT2D eigenvalue weighted by molar-refractivity contribution is 0.173. The first-order chi connectivity index (χ1) is 10.3. The van der Waals surface area contributed by atoms with Crippen LogP contribution in [0.1, 0.15) is 44.8 Å². The Hall–Kier alpha value is -1.80. The Morgan fingerprint density at radius 1 is 0.905 bits per heavy atom. The van der Waals surface area contributed by atoms with Crippen molar-refractivity contribution in [3.8, 4) is 0 Å². The SMILES string of the molecule is CCCCN(c1ccccc1)c1ccc(C(O)CC)cc1. The van der Waals surface area contributed by atoms with E-state index in [2.05, 4.69) is 48.2 Å². The minimum absolute atomic E-state index is 0.361. The van der Waals surface area contributed by atoms with Gasteiger partial charge in [-0.15, -0.1) is 0 Å². The lowest BCUT2D eigenvalue weighted by atomic mass is 10.1. The fourth-order valence-electron chi connectivity index (χ4n) is 2.44. The molecule has 0 aromatic heterocycles. The molecule has 0 radical (unpaired) electrons. The van der Waals surface area contributed by atoms with Crippen LogP contribution in [0.25, 0.3) is 0 Å². The molecule has 0 saturated carbocycles. The van der Waals surface area contributed by atoms with E-state index in [0.29, 0.717) is 0 Å². The Labute approximate surface area is 128 Å². The van der Waals surface area contributed by atoms with Crippen molar-refractivity contribution in [2.45, 2.75) is 39.2 Å².